The van der Waals surface area contributed by atoms with Crippen LogP contribution in [0.2, 0.25) is 0 Å². The van der Waals surface area contributed by atoms with E-state index in [-0.39, 0.29) is 5.57 Å². The number of nitrogens with one attached hydrogen (secondary N) is 2. The summed E-state index contributed by atoms with van der Waals surface area (Å²) < 4.78 is 4.93. The highest BCUT2D eigenvalue weighted by Crippen LogP contribution is 2.27. The molecule has 150 valence electrons. The summed E-state index contributed by atoms with van der Waals surface area (Å²) in [6, 6.07) is 14.2. The number of carbonyl (C=O) groups excluding carboxylic acids is 2. The fourth-order valence-electron chi connectivity index (χ4n) is 2.76. The number of ether oxygens (including phenoxy) is 1. The van der Waals surface area contributed by atoms with Crippen LogP contribution in [0.5, 0.6) is 0 Å². The number of hydrogen-bond acceptors (Lipinski definition) is 5. The molecule has 0 saturated heterocycles. The molecule has 2 N–H and O–H groups in total. The molecule has 0 saturated carbocycles. The van der Waals surface area contributed by atoms with Gasteiger partial charge in [0.05, 0.1) is 12.2 Å². The first-order valence-electron chi connectivity index (χ1n) is 9.42. The summed E-state index contributed by atoms with van der Waals surface area (Å²) in [7, 11) is 0. The van der Waals surface area contributed by atoms with Crippen LogP contribution < -0.4 is 10.6 Å². The Labute approximate surface area is 171 Å². The van der Waals surface area contributed by atoms with Gasteiger partial charge in [-0.15, -0.1) is 0 Å². The molecule has 6 nitrogen and oxygen atoms in total. The molecular weight excluding hydrogens is 366 g/mol. The lowest BCUT2D eigenvalue weighted by Gasteiger charge is -2.15. The first-order valence-corrected chi connectivity index (χ1v) is 9.42. The molecule has 2 aromatic carbocycles. The Hall–Kier alpha value is -3.59. The van der Waals surface area contributed by atoms with E-state index in [0.29, 0.717) is 23.8 Å². The maximum absolute atomic E-state index is 12.5. The minimum Gasteiger partial charge on any atom is -0.462 e. The van der Waals surface area contributed by atoms with E-state index in [0.717, 1.165) is 16.8 Å². The standard InChI is InChI=1S/C23H25N3O3/c1-5-29-23(28)17-9-11-19(12-10-17)26-22(27)18(13-24)14-25-21-16(4)7-6-8-20(21)15(2)3/h6-12,14-15,25H,5H2,1-4H3,(H,26,27)/b18-14-. The molecule has 6 heteroatoms. The lowest BCUT2D eigenvalue weighted by Crippen LogP contribution is -2.15. The van der Waals surface area contributed by atoms with E-state index in [9.17, 15) is 14.9 Å². The molecule has 0 bridgehead atoms. The number of nitrogens with zero attached hydrogens (tertiary/aromatic N) is 1. The third-order valence-corrected chi connectivity index (χ3v) is 4.31. The predicted octanol–water partition coefficient (Wildman–Crippen LogP) is 4.75. The Morgan fingerprint density at radius 3 is 2.45 bits per heavy atom. The maximum atomic E-state index is 12.5. The molecule has 29 heavy (non-hydrogen) atoms. The molecule has 0 spiro atoms. The zero-order valence-corrected chi connectivity index (χ0v) is 17.1. The second-order valence-electron chi connectivity index (χ2n) is 6.76. The summed E-state index contributed by atoms with van der Waals surface area (Å²) in [4.78, 5) is 24.1. The minimum atomic E-state index is -0.538. The zero-order valence-electron chi connectivity index (χ0n) is 17.1. The van der Waals surface area contributed by atoms with Crippen molar-refractivity contribution in [2.45, 2.75) is 33.6 Å². The Balaban J connectivity index is 2.14. The summed E-state index contributed by atoms with van der Waals surface area (Å²) in [6.07, 6.45) is 1.41. The zero-order chi connectivity index (χ0) is 21.4. The molecule has 0 aliphatic carbocycles. The average molecular weight is 391 g/mol. The number of nitriles is 1. The normalized spacial score (nSPS) is 11.0. The SMILES string of the molecule is CCOC(=O)c1ccc(NC(=O)/C(C#N)=C\Nc2c(C)cccc2C(C)C)cc1. The van der Waals surface area contributed by atoms with Crippen LogP contribution >= 0.6 is 0 Å². The minimum absolute atomic E-state index is 0.0579. The van der Waals surface area contributed by atoms with Crippen LogP contribution in [0.25, 0.3) is 0 Å². The summed E-state index contributed by atoms with van der Waals surface area (Å²) in [5.74, 6) is -0.669. The van der Waals surface area contributed by atoms with Gasteiger partial charge < -0.3 is 15.4 Å². The highest BCUT2D eigenvalue weighted by atomic mass is 16.5. The van der Waals surface area contributed by atoms with Gasteiger partial charge in [-0.1, -0.05) is 32.0 Å². The average Bonchev–Trinajstić information content (AvgIpc) is 2.70. The van der Waals surface area contributed by atoms with Gasteiger partial charge in [0.1, 0.15) is 11.6 Å². The highest BCUT2D eigenvalue weighted by Gasteiger charge is 2.13. The summed E-state index contributed by atoms with van der Waals surface area (Å²) >= 11 is 0. The second-order valence-corrected chi connectivity index (χ2v) is 6.76. The summed E-state index contributed by atoms with van der Waals surface area (Å²) in [6.45, 7) is 8.17. The molecule has 0 fully saturated rings. The molecule has 0 heterocycles. The van der Waals surface area contributed by atoms with Crippen molar-refractivity contribution < 1.29 is 14.3 Å². The van der Waals surface area contributed by atoms with Crippen molar-refractivity contribution in [2.75, 3.05) is 17.2 Å². The van der Waals surface area contributed by atoms with E-state index >= 15 is 0 Å². The van der Waals surface area contributed by atoms with Gasteiger partial charge in [0.2, 0.25) is 0 Å². The number of anilines is 2. The van der Waals surface area contributed by atoms with Gasteiger partial charge in [-0.05, 0) is 55.2 Å². The lowest BCUT2D eigenvalue weighted by atomic mass is 9.98. The fraction of sp³-hybridized carbons (Fsp3) is 0.261. The molecule has 0 aliphatic rings. The molecule has 0 aromatic heterocycles. The van der Waals surface area contributed by atoms with Crippen molar-refractivity contribution in [1.82, 2.24) is 0 Å². The maximum Gasteiger partial charge on any atom is 0.338 e. The van der Waals surface area contributed by atoms with E-state index in [4.69, 9.17) is 4.74 Å². The number of rotatable bonds is 7. The van der Waals surface area contributed by atoms with Gasteiger partial charge in [0, 0.05) is 17.6 Å². The topological polar surface area (TPSA) is 91.2 Å². The van der Waals surface area contributed by atoms with Crippen LogP contribution in [0.1, 0.15) is 48.2 Å². The van der Waals surface area contributed by atoms with Crippen molar-refractivity contribution in [3.8, 4) is 6.07 Å². The molecule has 1 amide bonds. The van der Waals surface area contributed by atoms with E-state index in [1.807, 2.05) is 31.2 Å². The summed E-state index contributed by atoms with van der Waals surface area (Å²) in [5, 5.41) is 15.2. The number of benzene rings is 2. The molecule has 2 aromatic rings. The number of esters is 1. The van der Waals surface area contributed by atoms with Crippen LogP contribution in [-0.4, -0.2) is 18.5 Å². The van der Waals surface area contributed by atoms with Gasteiger partial charge in [-0.2, -0.15) is 5.26 Å². The third kappa shape index (κ3) is 5.69. The van der Waals surface area contributed by atoms with E-state index in [1.165, 1.54) is 6.20 Å². The van der Waals surface area contributed by atoms with Crippen molar-refractivity contribution in [1.29, 1.82) is 5.26 Å². The first kappa shape index (κ1) is 21.7. The Bertz CT molecular complexity index is 954. The molecule has 0 atom stereocenters. The Morgan fingerprint density at radius 2 is 1.86 bits per heavy atom. The van der Waals surface area contributed by atoms with Crippen LogP contribution in [0.4, 0.5) is 11.4 Å². The van der Waals surface area contributed by atoms with Gasteiger partial charge >= 0.3 is 5.97 Å². The number of aryl methyl sites for hydroxylation is 1. The number of para-hydroxylation sites is 1. The molecular formula is C23H25N3O3. The Kier molecular flexibility index (Phi) is 7.55. The molecule has 0 aliphatic heterocycles. The quantitative estimate of drug-likeness (QED) is 0.404. The predicted molar refractivity (Wildman–Crippen MR) is 114 cm³/mol. The van der Waals surface area contributed by atoms with Crippen molar-refractivity contribution in [2.24, 2.45) is 0 Å². The fourth-order valence-corrected chi connectivity index (χ4v) is 2.76. The van der Waals surface area contributed by atoms with E-state index in [1.54, 1.807) is 31.2 Å². The molecule has 0 radical (unpaired) electrons. The molecule has 2 rings (SSSR count). The van der Waals surface area contributed by atoms with Gasteiger partial charge in [0.25, 0.3) is 5.91 Å². The highest BCUT2D eigenvalue weighted by molar-refractivity contribution is 6.07. The van der Waals surface area contributed by atoms with Gasteiger partial charge in [0.15, 0.2) is 0 Å². The van der Waals surface area contributed by atoms with Crippen LogP contribution in [-0.2, 0) is 9.53 Å². The number of hydrogen-bond donors (Lipinski definition) is 2. The van der Waals surface area contributed by atoms with Crippen molar-refractivity contribution in [3.63, 3.8) is 0 Å². The van der Waals surface area contributed by atoms with Gasteiger partial charge in [-0.25, -0.2) is 4.79 Å². The smallest absolute Gasteiger partial charge is 0.338 e. The molecule has 0 unspecified atom stereocenters. The second kappa shape index (κ2) is 10.1. The monoisotopic (exact) mass is 391 g/mol. The van der Waals surface area contributed by atoms with Crippen molar-refractivity contribution >= 4 is 23.3 Å². The lowest BCUT2D eigenvalue weighted by molar-refractivity contribution is -0.112. The van der Waals surface area contributed by atoms with Crippen LogP contribution in [0.3, 0.4) is 0 Å². The van der Waals surface area contributed by atoms with Crippen LogP contribution in [0, 0.1) is 18.3 Å². The van der Waals surface area contributed by atoms with E-state index in [2.05, 4.69) is 24.5 Å². The number of carbonyl (C=O) groups is 2. The Morgan fingerprint density at radius 1 is 1.17 bits per heavy atom. The third-order valence-electron chi connectivity index (χ3n) is 4.31. The van der Waals surface area contributed by atoms with Crippen molar-refractivity contribution in [3.05, 3.63) is 70.9 Å². The largest absolute Gasteiger partial charge is 0.462 e. The first-order chi connectivity index (χ1) is 13.9. The van der Waals surface area contributed by atoms with E-state index < -0.39 is 11.9 Å². The van der Waals surface area contributed by atoms with Crippen LogP contribution in [0.15, 0.2) is 54.2 Å². The van der Waals surface area contributed by atoms with Gasteiger partial charge in [-0.3, -0.25) is 4.79 Å². The number of amides is 1. The summed E-state index contributed by atoms with van der Waals surface area (Å²) in [5.41, 5.74) is 3.83.